The Hall–Kier alpha value is -2.64. The third kappa shape index (κ3) is 6.33. The molecule has 0 atom stereocenters. The fourth-order valence-corrected chi connectivity index (χ4v) is 5.33. The molecule has 0 aliphatic heterocycles. The minimum atomic E-state index is -0.337. The molecule has 35 heavy (non-hydrogen) atoms. The van der Waals surface area contributed by atoms with E-state index in [2.05, 4.69) is 45.7 Å². The van der Waals surface area contributed by atoms with Gasteiger partial charge in [-0.1, -0.05) is 31.0 Å². The van der Waals surface area contributed by atoms with Crippen molar-refractivity contribution in [2.24, 2.45) is 0 Å². The van der Waals surface area contributed by atoms with Crippen LogP contribution in [0.4, 0.5) is 0 Å². The number of benzene rings is 3. The lowest BCUT2D eigenvalue weighted by Gasteiger charge is -2.19. The maximum atomic E-state index is 13.7. The number of hydrogen-bond acceptors (Lipinski definition) is 5. The number of carbonyl (C=O) groups excluding carboxylic acids is 2. The number of carbonyl (C=O) groups is 2. The van der Waals surface area contributed by atoms with Crippen LogP contribution in [0.25, 0.3) is 0 Å². The fraction of sp³-hybridized carbons (Fsp3) is 0.286. The summed E-state index contributed by atoms with van der Waals surface area (Å²) in [6, 6.07) is 13.0. The third-order valence-electron chi connectivity index (χ3n) is 5.53. The Balaban J connectivity index is 2.14. The lowest BCUT2D eigenvalue weighted by Crippen LogP contribution is -2.08. The van der Waals surface area contributed by atoms with Crippen LogP contribution in [-0.2, 0) is 16.0 Å². The normalized spacial score (nSPS) is 10.9. The van der Waals surface area contributed by atoms with Crippen molar-refractivity contribution >= 4 is 43.6 Å². The molecule has 0 aliphatic rings. The molecule has 0 unspecified atom stereocenters. The van der Waals surface area contributed by atoms with Gasteiger partial charge in [0.25, 0.3) is 0 Å². The number of halogens is 2. The van der Waals surface area contributed by atoms with E-state index in [-0.39, 0.29) is 24.1 Å². The average Bonchev–Trinajstić information content (AvgIpc) is 2.79. The summed E-state index contributed by atoms with van der Waals surface area (Å²) in [5.74, 6) is 1.19. The van der Waals surface area contributed by atoms with Crippen LogP contribution in [0.2, 0.25) is 0 Å². The van der Waals surface area contributed by atoms with Crippen LogP contribution < -0.4 is 9.47 Å². The van der Waals surface area contributed by atoms with Crippen molar-refractivity contribution in [3.8, 4) is 17.2 Å². The highest BCUT2D eigenvalue weighted by Crippen LogP contribution is 2.42. The summed E-state index contributed by atoms with van der Waals surface area (Å²) in [5, 5.41) is 0. The van der Waals surface area contributed by atoms with E-state index in [1.165, 1.54) is 7.11 Å². The highest BCUT2D eigenvalue weighted by Gasteiger charge is 2.23. The molecule has 0 heterocycles. The molecular weight excluding hydrogens is 576 g/mol. The van der Waals surface area contributed by atoms with E-state index in [9.17, 15) is 9.59 Å². The van der Waals surface area contributed by atoms with E-state index in [4.69, 9.17) is 14.2 Å². The molecule has 0 saturated heterocycles. The number of rotatable bonds is 8. The summed E-state index contributed by atoms with van der Waals surface area (Å²) < 4.78 is 18.0. The zero-order chi connectivity index (χ0) is 25.9. The SMILES string of the molecule is COC(=O)Cc1cc(Br)c(Oc2cc(C(C)C)c(OC)cc2C(=O)c2cc(C)cc(C)c2)c(Br)c1. The topological polar surface area (TPSA) is 61.8 Å². The maximum absolute atomic E-state index is 13.7. The van der Waals surface area contributed by atoms with E-state index in [1.54, 1.807) is 25.3 Å². The smallest absolute Gasteiger partial charge is 0.309 e. The van der Waals surface area contributed by atoms with Crippen molar-refractivity contribution in [1.29, 1.82) is 0 Å². The van der Waals surface area contributed by atoms with Gasteiger partial charge in [0.15, 0.2) is 11.5 Å². The summed E-state index contributed by atoms with van der Waals surface area (Å²) in [6.45, 7) is 8.04. The third-order valence-corrected chi connectivity index (χ3v) is 6.71. The number of esters is 1. The molecule has 0 radical (unpaired) electrons. The predicted octanol–water partition coefficient (Wildman–Crippen LogP) is 7.70. The highest BCUT2D eigenvalue weighted by molar-refractivity contribution is 9.11. The van der Waals surface area contributed by atoms with Crippen LogP contribution in [0.3, 0.4) is 0 Å². The van der Waals surface area contributed by atoms with Crippen LogP contribution >= 0.6 is 31.9 Å². The molecule has 0 fully saturated rings. The molecule has 5 nitrogen and oxygen atoms in total. The molecule has 0 aliphatic carbocycles. The Bertz CT molecular complexity index is 1240. The van der Waals surface area contributed by atoms with Gasteiger partial charge in [-0.25, -0.2) is 0 Å². The van der Waals surface area contributed by atoms with Gasteiger partial charge in [-0.05, 0) is 93.6 Å². The highest BCUT2D eigenvalue weighted by atomic mass is 79.9. The standard InChI is InChI=1S/C28H28Br2O5/c1-15(2)20-13-25(35-28-22(29)10-18(11-23(28)30)12-26(31)34-6)21(14-24(20)33-5)27(32)19-8-16(3)7-17(4)9-19/h7-11,13-15H,12H2,1-6H3. The molecule has 0 N–H and O–H groups in total. The van der Waals surface area contributed by atoms with Gasteiger partial charge in [-0.15, -0.1) is 0 Å². The summed E-state index contributed by atoms with van der Waals surface area (Å²) >= 11 is 7.10. The monoisotopic (exact) mass is 602 g/mol. The van der Waals surface area contributed by atoms with E-state index in [0.717, 1.165) is 22.3 Å². The Morgan fingerprint density at radius 1 is 0.857 bits per heavy atom. The van der Waals surface area contributed by atoms with Crippen molar-refractivity contribution in [2.45, 2.75) is 40.0 Å². The Morgan fingerprint density at radius 2 is 1.46 bits per heavy atom. The zero-order valence-electron chi connectivity index (χ0n) is 20.6. The first-order valence-corrected chi connectivity index (χ1v) is 12.7. The van der Waals surface area contributed by atoms with E-state index in [1.807, 2.05) is 38.1 Å². The van der Waals surface area contributed by atoms with Crippen LogP contribution in [0, 0.1) is 13.8 Å². The molecule has 0 bridgehead atoms. The molecule has 184 valence electrons. The van der Waals surface area contributed by atoms with Crippen molar-refractivity contribution in [1.82, 2.24) is 0 Å². The van der Waals surface area contributed by atoms with Crippen LogP contribution in [0.1, 0.15) is 57.9 Å². The molecule has 3 rings (SSSR count). The first-order valence-electron chi connectivity index (χ1n) is 11.1. The zero-order valence-corrected chi connectivity index (χ0v) is 23.8. The predicted molar refractivity (Wildman–Crippen MR) is 144 cm³/mol. The van der Waals surface area contributed by atoms with E-state index >= 15 is 0 Å². The van der Waals surface area contributed by atoms with Crippen molar-refractivity contribution in [2.75, 3.05) is 14.2 Å². The summed E-state index contributed by atoms with van der Waals surface area (Å²) in [5.41, 5.74) is 4.68. The number of hydrogen-bond donors (Lipinski definition) is 0. The second kappa shape index (κ2) is 11.4. The molecule has 0 aromatic heterocycles. The van der Waals surface area contributed by atoms with Crippen molar-refractivity contribution in [3.05, 3.63) is 84.8 Å². The van der Waals surface area contributed by atoms with Gasteiger partial charge in [0.05, 0.1) is 35.1 Å². The number of aryl methyl sites for hydroxylation is 2. The molecule has 7 heteroatoms. The summed E-state index contributed by atoms with van der Waals surface area (Å²) in [7, 11) is 2.95. The maximum Gasteiger partial charge on any atom is 0.309 e. The van der Waals surface area contributed by atoms with Crippen molar-refractivity contribution in [3.63, 3.8) is 0 Å². The molecule has 0 saturated carbocycles. The van der Waals surface area contributed by atoms with Crippen LogP contribution in [0.5, 0.6) is 17.2 Å². The Morgan fingerprint density at radius 3 is 1.97 bits per heavy atom. The number of ketones is 1. The van der Waals surface area contributed by atoms with Gasteiger partial charge in [0.1, 0.15) is 11.5 Å². The van der Waals surface area contributed by atoms with Crippen LogP contribution in [0.15, 0.2) is 51.4 Å². The first kappa shape index (κ1) is 27.0. The second-order valence-electron chi connectivity index (χ2n) is 8.69. The lowest BCUT2D eigenvalue weighted by atomic mass is 9.94. The van der Waals surface area contributed by atoms with Gasteiger partial charge in [0.2, 0.25) is 0 Å². The summed E-state index contributed by atoms with van der Waals surface area (Å²) in [6.07, 6.45) is 0.129. The number of methoxy groups -OCH3 is 2. The second-order valence-corrected chi connectivity index (χ2v) is 10.4. The van der Waals surface area contributed by atoms with E-state index in [0.29, 0.717) is 37.3 Å². The van der Waals surface area contributed by atoms with Gasteiger partial charge in [0, 0.05) is 11.1 Å². The van der Waals surface area contributed by atoms with Gasteiger partial charge in [-0.3, -0.25) is 9.59 Å². The Labute approximate surface area is 223 Å². The first-order chi connectivity index (χ1) is 16.5. The van der Waals surface area contributed by atoms with Gasteiger partial charge >= 0.3 is 5.97 Å². The van der Waals surface area contributed by atoms with Crippen LogP contribution in [-0.4, -0.2) is 26.0 Å². The van der Waals surface area contributed by atoms with E-state index < -0.39 is 0 Å². The van der Waals surface area contributed by atoms with Gasteiger partial charge < -0.3 is 14.2 Å². The van der Waals surface area contributed by atoms with Crippen molar-refractivity contribution < 1.29 is 23.8 Å². The molecule has 3 aromatic carbocycles. The molecule has 0 amide bonds. The molecular formula is C28H28Br2O5. The molecule has 3 aromatic rings. The quantitative estimate of drug-likeness (QED) is 0.195. The number of ether oxygens (including phenoxy) is 3. The lowest BCUT2D eigenvalue weighted by molar-refractivity contribution is -0.139. The molecule has 0 spiro atoms. The average molecular weight is 604 g/mol. The van der Waals surface area contributed by atoms with Gasteiger partial charge in [-0.2, -0.15) is 0 Å². The minimum absolute atomic E-state index is 0.129. The largest absolute Gasteiger partial charge is 0.496 e. The summed E-state index contributed by atoms with van der Waals surface area (Å²) in [4.78, 5) is 25.4. The Kier molecular flexibility index (Phi) is 8.78. The fourth-order valence-electron chi connectivity index (χ4n) is 3.89. The minimum Gasteiger partial charge on any atom is -0.496 e.